The minimum atomic E-state index is -0.347. The molecule has 2 heterocycles. The molecule has 1 aromatic carbocycles. The molecule has 4 nitrogen and oxygen atoms in total. The van der Waals surface area contributed by atoms with Gasteiger partial charge < -0.3 is 15.0 Å². The van der Waals surface area contributed by atoms with Crippen molar-refractivity contribution in [1.82, 2.24) is 5.32 Å². The van der Waals surface area contributed by atoms with Gasteiger partial charge in [-0.2, -0.15) is 0 Å². The van der Waals surface area contributed by atoms with Gasteiger partial charge in [-0.25, -0.2) is 4.39 Å². The zero-order valence-corrected chi connectivity index (χ0v) is 11.4. The van der Waals surface area contributed by atoms with Crippen LogP contribution in [0, 0.1) is 11.7 Å². The molecule has 0 bridgehead atoms. The first-order valence-electron chi connectivity index (χ1n) is 6.13. The molecular weight excluding hydrogens is 271 g/mol. The molecule has 1 unspecified atom stereocenters. The van der Waals surface area contributed by atoms with Crippen molar-refractivity contribution >= 4 is 24.0 Å². The number of carbonyl (C=O) groups is 1. The van der Waals surface area contributed by atoms with Crippen LogP contribution in [0.15, 0.2) is 18.2 Å². The number of nitrogens with zero attached hydrogens (tertiary/aromatic N) is 1. The first-order chi connectivity index (χ1) is 8.65. The van der Waals surface area contributed by atoms with Crippen molar-refractivity contribution in [2.45, 2.75) is 13.0 Å². The van der Waals surface area contributed by atoms with E-state index in [1.165, 1.54) is 12.1 Å². The van der Waals surface area contributed by atoms with Crippen LogP contribution >= 0.6 is 12.4 Å². The van der Waals surface area contributed by atoms with E-state index in [4.69, 9.17) is 4.74 Å². The molecule has 0 saturated carbocycles. The van der Waals surface area contributed by atoms with Gasteiger partial charge >= 0.3 is 0 Å². The maximum Gasteiger partial charge on any atom is 0.232 e. The number of amides is 1. The molecule has 1 atom stereocenters. The van der Waals surface area contributed by atoms with Crippen LogP contribution in [0.5, 0.6) is 5.75 Å². The Labute approximate surface area is 117 Å². The van der Waals surface area contributed by atoms with Crippen molar-refractivity contribution in [1.29, 1.82) is 0 Å². The van der Waals surface area contributed by atoms with Gasteiger partial charge in [0.15, 0.2) is 0 Å². The van der Waals surface area contributed by atoms with Gasteiger partial charge in [0, 0.05) is 19.2 Å². The Morgan fingerprint density at radius 1 is 1.47 bits per heavy atom. The number of hydrogen-bond acceptors (Lipinski definition) is 3. The highest BCUT2D eigenvalue weighted by molar-refractivity contribution is 5.97. The number of anilines is 1. The Kier molecular flexibility index (Phi) is 3.96. The standard InChI is InChI=1S/C13H15FN2O2.ClH/c1-8-7-16(13(17)9-5-15-6-9)11-3-2-10(14)4-12(11)18-8;/h2-4,8-9,15H,5-7H2,1H3;1H. The lowest BCUT2D eigenvalue weighted by Gasteiger charge is -2.37. The van der Waals surface area contributed by atoms with Crippen molar-refractivity contribution in [3.63, 3.8) is 0 Å². The topological polar surface area (TPSA) is 41.6 Å². The highest BCUT2D eigenvalue weighted by Gasteiger charge is 2.34. The summed E-state index contributed by atoms with van der Waals surface area (Å²) in [5.41, 5.74) is 0.673. The molecular formula is C13H16ClFN2O2. The maximum absolute atomic E-state index is 13.2. The average molecular weight is 287 g/mol. The number of rotatable bonds is 1. The number of hydrogen-bond donors (Lipinski definition) is 1. The predicted octanol–water partition coefficient (Wildman–Crippen LogP) is 1.58. The van der Waals surface area contributed by atoms with E-state index in [2.05, 4.69) is 5.32 Å². The minimum absolute atomic E-state index is 0. The number of benzene rings is 1. The van der Waals surface area contributed by atoms with E-state index in [1.54, 1.807) is 11.0 Å². The van der Waals surface area contributed by atoms with E-state index in [0.717, 1.165) is 13.1 Å². The smallest absolute Gasteiger partial charge is 0.232 e. The number of nitrogens with one attached hydrogen (secondary N) is 1. The van der Waals surface area contributed by atoms with E-state index in [0.29, 0.717) is 18.0 Å². The Hall–Kier alpha value is -1.33. The highest BCUT2D eigenvalue weighted by atomic mass is 35.5. The van der Waals surface area contributed by atoms with Gasteiger partial charge in [0.1, 0.15) is 17.7 Å². The Bertz CT molecular complexity index is 494. The number of ether oxygens (including phenoxy) is 1. The van der Waals surface area contributed by atoms with Gasteiger partial charge in [0.25, 0.3) is 0 Å². The fraction of sp³-hybridized carbons (Fsp3) is 0.462. The first-order valence-corrected chi connectivity index (χ1v) is 6.13. The summed E-state index contributed by atoms with van der Waals surface area (Å²) >= 11 is 0. The molecule has 0 aromatic heterocycles. The van der Waals surface area contributed by atoms with Gasteiger partial charge in [-0.05, 0) is 19.1 Å². The quantitative estimate of drug-likeness (QED) is 0.852. The second kappa shape index (κ2) is 5.35. The lowest BCUT2D eigenvalue weighted by molar-refractivity contribution is -0.124. The summed E-state index contributed by atoms with van der Waals surface area (Å²) in [5, 5.41) is 3.09. The van der Waals surface area contributed by atoms with Crippen molar-refractivity contribution in [2.75, 3.05) is 24.5 Å². The Balaban J connectivity index is 0.00000133. The molecule has 104 valence electrons. The zero-order chi connectivity index (χ0) is 12.7. The van der Waals surface area contributed by atoms with E-state index in [-0.39, 0.29) is 36.2 Å². The predicted molar refractivity (Wildman–Crippen MR) is 72.5 cm³/mol. The second-order valence-corrected chi connectivity index (χ2v) is 4.84. The lowest BCUT2D eigenvalue weighted by atomic mass is 10.0. The summed E-state index contributed by atoms with van der Waals surface area (Å²) in [6, 6.07) is 4.31. The highest BCUT2D eigenvalue weighted by Crippen LogP contribution is 2.35. The number of halogens is 2. The third kappa shape index (κ3) is 2.53. The molecule has 2 aliphatic rings. The second-order valence-electron chi connectivity index (χ2n) is 4.84. The number of fused-ring (bicyclic) bond motifs is 1. The van der Waals surface area contributed by atoms with Crippen molar-refractivity contribution < 1.29 is 13.9 Å². The molecule has 6 heteroatoms. The molecule has 1 saturated heterocycles. The lowest BCUT2D eigenvalue weighted by Crippen LogP contribution is -2.54. The van der Waals surface area contributed by atoms with E-state index in [1.807, 2.05) is 6.92 Å². The van der Waals surface area contributed by atoms with Gasteiger partial charge in [0.05, 0.1) is 18.2 Å². The molecule has 19 heavy (non-hydrogen) atoms. The third-order valence-electron chi connectivity index (χ3n) is 3.38. The summed E-state index contributed by atoms with van der Waals surface area (Å²) < 4.78 is 18.8. The normalized spacial score (nSPS) is 21.8. The minimum Gasteiger partial charge on any atom is -0.487 e. The van der Waals surface area contributed by atoms with Crippen molar-refractivity contribution in [3.05, 3.63) is 24.0 Å². The molecule has 0 aliphatic carbocycles. The molecule has 1 aromatic rings. The van der Waals surface area contributed by atoms with E-state index in [9.17, 15) is 9.18 Å². The van der Waals surface area contributed by atoms with Crippen LogP contribution in [-0.2, 0) is 4.79 Å². The average Bonchev–Trinajstić information content (AvgIpc) is 2.24. The number of carbonyl (C=O) groups excluding carboxylic acids is 1. The summed E-state index contributed by atoms with van der Waals surface area (Å²) in [4.78, 5) is 14.0. The Morgan fingerprint density at radius 2 is 2.21 bits per heavy atom. The van der Waals surface area contributed by atoms with Gasteiger partial charge in [-0.1, -0.05) is 0 Å². The summed E-state index contributed by atoms with van der Waals surface area (Å²) in [6.07, 6.45) is -0.115. The Morgan fingerprint density at radius 3 is 2.84 bits per heavy atom. The summed E-state index contributed by atoms with van der Waals surface area (Å²) in [5.74, 6) is 0.236. The van der Waals surface area contributed by atoms with Gasteiger partial charge in [-0.3, -0.25) is 4.79 Å². The molecule has 2 aliphatic heterocycles. The van der Waals surface area contributed by atoms with Crippen molar-refractivity contribution in [3.8, 4) is 5.75 Å². The molecule has 3 rings (SSSR count). The monoisotopic (exact) mass is 286 g/mol. The molecule has 1 N–H and O–H groups in total. The van der Waals surface area contributed by atoms with Crippen LogP contribution in [0.3, 0.4) is 0 Å². The molecule has 0 radical (unpaired) electrons. The van der Waals surface area contributed by atoms with Crippen molar-refractivity contribution in [2.24, 2.45) is 5.92 Å². The van der Waals surface area contributed by atoms with Crippen LogP contribution in [0.2, 0.25) is 0 Å². The third-order valence-corrected chi connectivity index (χ3v) is 3.38. The fourth-order valence-electron chi connectivity index (χ4n) is 2.31. The molecule has 0 spiro atoms. The SMILES string of the molecule is CC1CN(C(=O)C2CNC2)c2ccc(F)cc2O1.Cl. The summed E-state index contributed by atoms with van der Waals surface area (Å²) in [6.45, 7) is 3.85. The van der Waals surface area contributed by atoms with Crippen LogP contribution in [0.4, 0.5) is 10.1 Å². The molecule has 1 fully saturated rings. The maximum atomic E-state index is 13.2. The molecule has 1 amide bonds. The van der Waals surface area contributed by atoms with Crippen LogP contribution in [-0.4, -0.2) is 31.6 Å². The zero-order valence-electron chi connectivity index (χ0n) is 10.6. The largest absolute Gasteiger partial charge is 0.487 e. The van der Waals surface area contributed by atoms with Crippen LogP contribution in [0.1, 0.15) is 6.92 Å². The van der Waals surface area contributed by atoms with E-state index < -0.39 is 0 Å². The first kappa shape index (κ1) is 14.1. The van der Waals surface area contributed by atoms with Crippen LogP contribution < -0.4 is 15.0 Å². The fourth-order valence-corrected chi connectivity index (χ4v) is 2.31. The van der Waals surface area contributed by atoms with Gasteiger partial charge in [-0.15, -0.1) is 12.4 Å². The van der Waals surface area contributed by atoms with Crippen LogP contribution in [0.25, 0.3) is 0 Å². The van der Waals surface area contributed by atoms with E-state index >= 15 is 0 Å². The van der Waals surface area contributed by atoms with Gasteiger partial charge in [0.2, 0.25) is 5.91 Å². The summed E-state index contributed by atoms with van der Waals surface area (Å²) in [7, 11) is 0.